The zero-order valence-corrected chi connectivity index (χ0v) is 12.2. The van der Waals surface area contributed by atoms with Gasteiger partial charge in [-0.25, -0.2) is 0 Å². The quantitative estimate of drug-likeness (QED) is 0.917. The lowest BCUT2D eigenvalue weighted by molar-refractivity contribution is -0.139. The van der Waals surface area contributed by atoms with Crippen molar-refractivity contribution in [2.75, 3.05) is 26.2 Å². The van der Waals surface area contributed by atoms with Gasteiger partial charge in [0.25, 0.3) is 0 Å². The molecule has 112 valence electrons. The molecule has 1 aromatic rings. The third kappa shape index (κ3) is 2.17. The number of piperidine rings is 3. The van der Waals surface area contributed by atoms with Crippen LogP contribution in [0.1, 0.15) is 24.3 Å². The second kappa shape index (κ2) is 5.11. The summed E-state index contributed by atoms with van der Waals surface area (Å²) in [7, 11) is 0. The second-order valence-corrected chi connectivity index (χ2v) is 6.69. The normalized spacial score (nSPS) is 38.4. The Bertz CT molecular complexity index is 525. The Labute approximate surface area is 125 Å². The van der Waals surface area contributed by atoms with Crippen LogP contribution in [0, 0.1) is 5.92 Å². The van der Waals surface area contributed by atoms with E-state index in [4.69, 9.17) is 0 Å². The molecule has 1 aromatic carbocycles. The van der Waals surface area contributed by atoms with Crippen LogP contribution >= 0.6 is 0 Å². The molecule has 0 amide bonds. The first-order chi connectivity index (χ1) is 10.2. The van der Waals surface area contributed by atoms with Crippen LogP contribution in [-0.4, -0.2) is 59.1 Å². The molecule has 0 spiro atoms. The molecule has 3 atom stereocenters. The van der Waals surface area contributed by atoms with E-state index in [1.165, 1.54) is 31.5 Å². The van der Waals surface area contributed by atoms with Gasteiger partial charge in [-0.15, -0.1) is 0 Å². The molecule has 4 fully saturated rings. The van der Waals surface area contributed by atoms with Crippen molar-refractivity contribution in [1.82, 2.24) is 9.80 Å². The maximum atomic E-state index is 11.2. The summed E-state index contributed by atoms with van der Waals surface area (Å²) >= 11 is 0. The maximum absolute atomic E-state index is 11.2. The fourth-order valence-corrected chi connectivity index (χ4v) is 4.89. The lowest BCUT2D eigenvalue weighted by Gasteiger charge is -2.51. The SMILES string of the molecule is O=C(O)CN1C[C@H](c2ccccc2)[C@@H]2[C@H]1C1CCN2CC1. The van der Waals surface area contributed by atoms with Gasteiger partial charge in [0.1, 0.15) is 0 Å². The summed E-state index contributed by atoms with van der Waals surface area (Å²) in [5.74, 6) is 0.450. The van der Waals surface area contributed by atoms with Gasteiger partial charge < -0.3 is 5.11 Å². The van der Waals surface area contributed by atoms with E-state index >= 15 is 0 Å². The topological polar surface area (TPSA) is 43.8 Å². The molecule has 4 heterocycles. The Kier molecular flexibility index (Phi) is 3.23. The number of aliphatic carboxylic acids is 1. The third-order valence-corrected chi connectivity index (χ3v) is 5.66. The van der Waals surface area contributed by atoms with Crippen molar-refractivity contribution >= 4 is 5.97 Å². The van der Waals surface area contributed by atoms with Crippen molar-refractivity contribution in [2.24, 2.45) is 5.92 Å². The second-order valence-electron chi connectivity index (χ2n) is 6.69. The third-order valence-electron chi connectivity index (χ3n) is 5.66. The molecule has 4 saturated heterocycles. The van der Waals surface area contributed by atoms with Crippen LogP contribution in [0.2, 0.25) is 0 Å². The highest BCUT2D eigenvalue weighted by molar-refractivity contribution is 5.69. The van der Waals surface area contributed by atoms with Gasteiger partial charge in [0, 0.05) is 24.5 Å². The largest absolute Gasteiger partial charge is 0.480 e. The fourth-order valence-electron chi connectivity index (χ4n) is 4.89. The van der Waals surface area contributed by atoms with Crippen LogP contribution in [0.3, 0.4) is 0 Å². The van der Waals surface area contributed by atoms with Crippen molar-refractivity contribution < 1.29 is 9.90 Å². The average molecular weight is 286 g/mol. The maximum Gasteiger partial charge on any atom is 0.317 e. The van der Waals surface area contributed by atoms with Crippen LogP contribution in [-0.2, 0) is 4.79 Å². The highest BCUT2D eigenvalue weighted by Crippen LogP contribution is 2.46. The first kappa shape index (κ1) is 13.3. The Morgan fingerprint density at radius 1 is 1.14 bits per heavy atom. The summed E-state index contributed by atoms with van der Waals surface area (Å²) in [6.07, 6.45) is 2.47. The van der Waals surface area contributed by atoms with Crippen molar-refractivity contribution in [1.29, 1.82) is 0 Å². The molecule has 5 rings (SSSR count). The summed E-state index contributed by atoms with van der Waals surface area (Å²) < 4.78 is 0. The number of carboxylic acids is 1. The number of rotatable bonds is 3. The van der Waals surface area contributed by atoms with Gasteiger partial charge in [0.2, 0.25) is 0 Å². The molecule has 0 unspecified atom stereocenters. The molecule has 0 aromatic heterocycles. The lowest BCUT2D eigenvalue weighted by atomic mass is 9.75. The lowest BCUT2D eigenvalue weighted by Crippen LogP contribution is -2.60. The first-order valence-corrected chi connectivity index (χ1v) is 7.99. The Morgan fingerprint density at radius 3 is 2.52 bits per heavy atom. The minimum Gasteiger partial charge on any atom is -0.480 e. The zero-order chi connectivity index (χ0) is 14.4. The molecule has 4 nitrogen and oxygen atoms in total. The van der Waals surface area contributed by atoms with Crippen LogP contribution in [0.15, 0.2) is 30.3 Å². The summed E-state index contributed by atoms with van der Waals surface area (Å²) in [6.45, 7) is 3.46. The van der Waals surface area contributed by atoms with Crippen LogP contribution < -0.4 is 0 Å². The predicted molar refractivity (Wildman–Crippen MR) is 80.3 cm³/mol. The molecule has 4 heteroatoms. The highest BCUT2D eigenvalue weighted by atomic mass is 16.4. The molecule has 0 radical (unpaired) electrons. The van der Waals surface area contributed by atoms with Crippen LogP contribution in [0.4, 0.5) is 0 Å². The number of nitrogens with zero attached hydrogens (tertiary/aromatic N) is 2. The van der Waals surface area contributed by atoms with Crippen molar-refractivity contribution in [2.45, 2.75) is 30.8 Å². The Morgan fingerprint density at radius 2 is 1.86 bits per heavy atom. The van der Waals surface area contributed by atoms with E-state index in [0.717, 1.165) is 6.54 Å². The van der Waals surface area contributed by atoms with Crippen LogP contribution in [0.5, 0.6) is 0 Å². The number of carboxylic acid groups (broad SMARTS) is 1. The van der Waals surface area contributed by atoms with Gasteiger partial charge >= 0.3 is 5.97 Å². The molecule has 1 N–H and O–H groups in total. The number of hydrogen-bond acceptors (Lipinski definition) is 3. The van der Waals surface area contributed by atoms with Gasteiger partial charge in [-0.3, -0.25) is 14.6 Å². The minimum absolute atomic E-state index is 0.189. The molecule has 0 aliphatic carbocycles. The van der Waals surface area contributed by atoms with E-state index in [1.54, 1.807) is 0 Å². The molecular formula is C17H22N2O2. The zero-order valence-electron chi connectivity index (χ0n) is 12.2. The molecule has 4 aliphatic rings. The van der Waals surface area contributed by atoms with Gasteiger partial charge in [-0.2, -0.15) is 0 Å². The van der Waals surface area contributed by atoms with E-state index in [0.29, 0.717) is 23.9 Å². The van der Waals surface area contributed by atoms with Gasteiger partial charge in [-0.05, 0) is 37.4 Å². The Hall–Kier alpha value is -1.39. The predicted octanol–water partition coefficient (Wildman–Crippen LogP) is 1.63. The summed E-state index contributed by atoms with van der Waals surface area (Å²) in [4.78, 5) is 16.1. The van der Waals surface area contributed by atoms with E-state index in [1.807, 2.05) is 0 Å². The standard InChI is InChI=1S/C17H22N2O2/c20-15(21)11-19-10-14(12-4-2-1-3-5-12)17-16(19)13-6-8-18(17)9-7-13/h1-5,13-14,16-17H,6-11H2,(H,20,21)/t14-,16-,17-/m1/s1. The minimum atomic E-state index is -0.695. The van der Waals surface area contributed by atoms with E-state index < -0.39 is 5.97 Å². The first-order valence-electron chi connectivity index (χ1n) is 7.99. The molecule has 2 bridgehead atoms. The Balaban J connectivity index is 1.68. The number of benzene rings is 1. The fraction of sp³-hybridized carbons (Fsp3) is 0.588. The van der Waals surface area contributed by atoms with E-state index in [9.17, 15) is 9.90 Å². The molecule has 0 saturated carbocycles. The van der Waals surface area contributed by atoms with Gasteiger partial charge in [0.15, 0.2) is 0 Å². The molecular weight excluding hydrogens is 264 g/mol. The summed E-state index contributed by atoms with van der Waals surface area (Å²) in [6, 6.07) is 11.6. The summed E-state index contributed by atoms with van der Waals surface area (Å²) in [5.41, 5.74) is 1.37. The van der Waals surface area contributed by atoms with Gasteiger partial charge in [0.05, 0.1) is 6.54 Å². The number of carbonyl (C=O) groups is 1. The monoisotopic (exact) mass is 286 g/mol. The molecule has 4 aliphatic heterocycles. The van der Waals surface area contributed by atoms with Crippen molar-refractivity contribution in [3.8, 4) is 0 Å². The smallest absolute Gasteiger partial charge is 0.317 e. The van der Waals surface area contributed by atoms with Crippen molar-refractivity contribution in [3.05, 3.63) is 35.9 Å². The van der Waals surface area contributed by atoms with E-state index in [2.05, 4.69) is 40.1 Å². The van der Waals surface area contributed by atoms with E-state index in [-0.39, 0.29) is 6.54 Å². The number of likely N-dealkylation sites (tertiary alicyclic amines) is 1. The van der Waals surface area contributed by atoms with Crippen molar-refractivity contribution in [3.63, 3.8) is 0 Å². The number of hydrogen-bond donors (Lipinski definition) is 1. The summed E-state index contributed by atoms with van der Waals surface area (Å²) in [5, 5.41) is 9.24. The highest BCUT2D eigenvalue weighted by Gasteiger charge is 2.53. The number of fused-ring (bicyclic) bond motifs is 2. The molecule has 21 heavy (non-hydrogen) atoms. The average Bonchev–Trinajstić information content (AvgIpc) is 2.90. The van der Waals surface area contributed by atoms with Crippen LogP contribution in [0.25, 0.3) is 0 Å². The van der Waals surface area contributed by atoms with Gasteiger partial charge in [-0.1, -0.05) is 30.3 Å².